The van der Waals surface area contributed by atoms with E-state index in [0.29, 0.717) is 17.7 Å². The number of rotatable bonds is 2. The Morgan fingerprint density at radius 1 is 1.50 bits per heavy atom. The molecule has 3 N–H and O–H groups in total. The van der Waals surface area contributed by atoms with Crippen molar-refractivity contribution in [3.05, 3.63) is 0 Å². The second kappa shape index (κ2) is 4.33. The summed E-state index contributed by atoms with van der Waals surface area (Å²) in [4.78, 5) is 0. The van der Waals surface area contributed by atoms with Crippen molar-refractivity contribution in [2.75, 3.05) is 0 Å². The van der Waals surface area contributed by atoms with E-state index in [0.717, 1.165) is 12.8 Å². The van der Waals surface area contributed by atoms with Crippen LogP contribution in [-0.2, 0) is 0 Å². The Bertz CT molecular complexity index is 168. The molecular weight excluding hydrogens is 152 g/mol. The van der Waals surface area contributed by atoms with E-state index in [1.165, 1.54) is 19.3 Å². The second-order valence-corrected chi connectivity index (χ2v) is 3.58. The molecule has 0 spiro atoms. The molecule has 0 bridgehead atoms. The lowest BCUT2D eigenvalue weighted by molar-refractivity contribution is 0.270. The standard InChI is InChI=1S/C9H18N2O/c1-2-7-5-3-4-6-8(7)9(10)11-12/h7-8,12H,2-6H2,1H3,(H2,10,11). The van der Waals surface area contributed by atoms with Crippen molar-refractivity contribution < 1.29 is 5.21 Å². The van der Waals surface area contributed by atoms with Crippen LogP contribution in [-0.4, -0.2) is 11.0 Å². The molecule has 0 aliphatic heterocycles. The summed E-state index contributed by atoms with van der Waals surface area (Å²) < 4.78 is 0. The fraction of sp³-hybridized carbons (Fsp3) is 0.889. The number of amidine groups is 1. The van der Waals surface area contributed by atoms with Crippen LogP contribution in [0, 0.1) is 11.8 Å². The van der Waals surface area contributed by atoms with Crippen molar-refractivity contribution in [2.45, 2.75) is 39.0 Å². The van der Waals surface area contributed by atoms with E-state index in [1.807, 2.05) is 0 Å². The average molecular weight is 170 g/mol. The van der Waals surface area contributed by atoms with Crippen LogP contribution in [0.4, 0.5) is 0 Å². The fourth-order valence-electron chi connectivity index (χ4n) is 2.16. The minimum Gasteiger partial charge on any atom is -0.409 e. The van der Waals surface area contributed by atoms with Crippen LogP contribution >= 0.6 is 0 Å². The van der Waals surface area contributed by atoms with E-state index >= 15 is 0 Å². The molecule has 1 aliphatic carbocycles. The van der Waals surface area contributed by atoms with E-state index in [2.05, 4.69) is 12.1 Å². The van der Waals surface area contributed by atoms with Gasteiger partial charge in [0.25, 0.3) is 0 Å². The van der Waals surface area contributed by atoms with Gasteiger partial charge in [-0.2, -0.15) is 0 Å². The summed E-state index contributed by atoms with van der Waals surface area (Å²) in [6.45, 7) is 2.17. The minimum absolute atomic E-state index is 0.328. The third kappa shape index (κ3) is 1.90. The van der Waals surface area contributed by atoms with Crippen molar-refractivity contribution >= 4 is 5.84 Å². The maximum atomic E-state index is 8.56. The topological polar surface area (TPSA) is 58.6 Å². The van der Waals surface area contributed by atoms with E-state index < -0.39 is 0 Å². The van der Waals surface area contributed by atoms with Crippen molar-refractivity contribution in [1.82, 2.24) is 0 Å². The molecule has 70 valence electrons. The van der Waals surface area contributed by atoms with Crippen LogP contribution < -0.4 is 5.73 Å². The van der Waals surface area contributed by atoms with Crippen molar-refractivity contribution in [3.8, 4) is 0 Å². The van der Waals surface area contributed by atoms with Gasteiger partial charge in [0, 0.05) is 5.92 Å². The first kappa shape index (κ1) is 9.36. The van der Waals surface area contributed by atoms with E-state index in [4.69, 9.17) is 10.9 Å². The number of hydrogen-bond acceptors (Lipinski definition) is 2. The van der Waals surface area contributed by atoms with Gasteiger partial charge in [-0.25, -0.2) is 0 Å². The molecule has 3 heteroatoms. The van der Waals surface area contributed by atoms with Gasteiger partial charge in [-0.05, 0) is 18.8 Å². The summed E-state index contributed by atoms with van der Waals surface area (Å²) in [6.07, 6.45) is 5.98. The monoisotopic (exact) mass is 170 g/mol. The molecule has 2 atom stereocenters. The van der Waals surface area contributed by atoms with Gasteiger partial charge in [-0.15, -0.1) is 0 Å². The molecule has 0 saturated heterocycles. The van der Waals surface area contributed by atoms with E-state index in [-0.39, 0.29) is 0 Å². The molecule has 0 aromatic heterocycles. The Hall–Kier alpha value is -0.730. The quantitative estimate of drug-likeness (QED) is 0.288. The predicted octanol–water partition coefficient (Wildman–Crippen LogP) is 1.95. The van der Waals surface area contributed by atoms with Crippen molar-refractivity contribution in [3.63, 3.8) is 0 Å². The van der Waals surface area contributed by atoms with E-state index in [1.54, 1.807) is 0 Å². The summed E-state index contributed by atoms with van der Waals surface area (Å²) in [7, 11) is 0. The normalized spacial score (nSPS) is 31.9. The summed E-state index contributed by atoms with van der Waals surface area (Å²) in [5.41, 5.74) is 5.61. The molecule has 1 fully saturated rings. The predicted molar refractivity (Wildman–Crippen MR) is 49.1 cm³/mol. The third-order valence-electron chi connectivity index (χ3n) is 2.93. The highest BCUT2D eigenvalue weighted by molar-refractivity contribution is 5.82. The van der Waals surface area contributed by atoms with Gasteiger partial charge in [0.2, 0.25) is 0 Å². The smallest absolute Gasteiger partial charge is 0.142 e. The Kier molecular flexibility index (Phi) is 3.38. The summed E-state index contributed by atoms with van der Waals surface area (Å²) >= 11 is 0. The minimum atomic E-state index is 0.328. The van der Waals surface area contributed by atoms with Crippen LogP contribution in [0.5, 0.6) is 0 Å². The molecule has 0 amide bonds. The van der Waals surface area contributed by atoms with Gasteiger partial charge in [0.05, 0.1) is 0 Å². The van der Waals surface area contributed by atoms with E-state index in [9.17, 15) is 0 Å². The van der Waals surface area contributed by atoms with Gasteiger partial charge in [-0.3, -0.25) is 0 Å². The van der Waals surface area contributed by atoms with Gasteiger partial charge in [-0.1, -0.05) is 31.3 Å². The maximum Gasteiger partial charge on any atom is 0.142 e. The highest BCUT2D eigenvalue weighted by Crippen LogP contribution is 2.32. The summed E-state index contributed by atoms with van der Waals surface area (Å²) in [5, 5.41) is 11.7. The number of nitrogens with two attached hydrogens (primary N) is 1. The van der Waals surface area contributed by atoms with Gasteiger partial charge in [0.1, 0.15) is 5.84 Å². The average Bonchev–Trinajstić information content (AvgIpc) is 2.16. The largest absolute Gasteiger partial charge is 0.409 e. The Balaban J connectivity index is 2.58. The molecule has 0 aromatic rings. The Morgan fingerprint density at radius 2 is 2.17 bits per heavy atom. The molecular formula is C9H18N2O. The lowest BCUT2D eigenvalue weighted by atomic mass is 9.77. The number of oxime groups is 1. The Labute approximate surface area is 73.6 Å². The van der Waals surface area contributed by atoms with Crippen LogP contribution in [0.25, 0.3) is 0 Å². The molecule has 12 heavy (non-hydrogen) atoms. The van der Waals surface area contributed by atoms with Gasteiger partial charge >= 0.3 is 0 Å². The van der Waals surface area contributed by atoms with Crippen LogP contribution in [0.1, 0.15) is 39.0 Å². The van der Waals surface area contributed by atoms with Gasteiger partial charge < -0.3 is 10.9 Å². The maximum absolute atomic E-state index is 8.56. The molecule has 3 nitrogen and oxygen atoms in total. The van der Waals surface area contributed by atoms with Crippen molar-refractivity contribution in [1.29, 1.82) is 0 Å². The number of hydrogen-bond donors (Lipinski definition) is 2. The summed E-state index contributed by atoms with van der Waals surface area (Å²) in [6, 6.07) is 0. The highest BCUT2D eigenvalue weighted by atomic mass is 16.4. The summed E-state index contributed by atoms with van der Waals surface area (Å²) in [5.74, 6) is 1.39. The first-order valence-corrected chi connectivity index (χ1v) is 4.77. The molecule has 0 heterocycles. The molecule has 2 unspecified atom stereocenters. The molecule has 1 rings (SSSR count). The first-order valence-electron chi connectivity index (χ1n) is 4.77. The highest BCUT2D eigenvalue weighted by Gasteiger charge is 2.26. The SMILES string of the molecule is CCC1CCCCC1/C(N)=N/O. The lowest BCUT2D eigenvalue weighted by Crippen LogP contribution is -2.32. The molecule has 1 saturated carbocycles. The second-order valence-electron chi connectivity index (χ2n) is 3.58. The fourth-order valence-corrected chi connectivity index (χ4v) is 2.16. The first-order chi connectivity index (χ1) is 5.79. The zero-order valence-corrected chi connectivity index (χ0v) is 7.66. The zero-order valence-electron chi connectivity index (χ0n) is 7.66. The zero-order chi connectivity index (χ0) is 8.97. The lowest BCUT2D eigenvalue weighted by Gasteiger charge is -2.29. The Morgan fingerprint density at radius 3 is 2.75 bits per heavy atom. The van der Waals surface area contributed by atoms with Crippen LogP contribution in [0.15, 0.2) is 5.16 Å². The third-order valence-corrected chi connectivity index (χ3v) is 2.93. The molecule has 1 aliphatic rings. The van der Waals surface area contributed by atoms with Crippen molar-refractivity contribution in [2.24, 2.45) is 22.7 Å². The molecule has 0 aromatic carbocycles. The van der Waals surface area contributed by atoms with Crippen LogP contribution in [0.3, 0.4) is 0 Å². The molecule has 0 radical (unpaired) electrons. The van der Waals surface area contributed by atoms with Crippen LogP contribution in [0.2, 0.25) is 0 Å². The van der Waals surface area contributed by atoms with Gasteiger partial charge in [0.15, 0.2) is 0 Å². The number of nitrogens with zero attached hydrogens (tertiary/aromatic N) is 1.